The molecule has 1 atom stereocenters. The molecule has 4 aliphatic rings. The van der Waals surface area contributed by atoms with E-state index in [2.05, 4.69) is 87.1 Å². The number of nitrogens with zero attached hydrogens (tertiary/aromatic N) is 4. The van der Waals surface area contributed by atoms with Crippen LogP contribution in [0.2, 0.25) is 0 Å². The van der Waals surface area contributed by atoms with E-state index in [9.17, 15) is 49.5 Å². The van der Waals surface area contributed by atoms with Gasteiger partial charge in [-0.3, -0.25) is 24.2 Å². The van der Waals surface area contributed by atoms with Gasteiger partial charge >= 0.3 is 23.9 Å². The number of phenolic OH excluding ortho intramolecular Hbond substituents is 1. The number of aliphatic carboxylic acids is 2. The molecule has 0 radical (unpaired) electrons. The van der Waals surface area contributed by atoms with Crippen molar-refractivity contribution in [3.05, 3.63) is 128 Å². The van der Waals surface area contributed by atoms with Gasteiger partial charge in [0, 0.05) is 82.4 Å². The van der Waals surface area contributed by atoms with Crippen molar-refractivity contribution < 1.29 is 54.2 Å². The normalized spacial score (nSPS) is 19.4. The third-order valence-corrected chi connectivity index (χ3v) is 16.7. The van der Waals surface area contributed by atoms with Crippen LogP contribution in [0, 0.1) is 0 Å². The first kappa shape index (κ1) is 56.4. The second-order valence-electron chi connectivity index (χ2n) is 24.1. The van der Waals surface area contributed by atoms with Crippen LogP contribution in [0.15, 0.2) is 72.8 Å². The second kappa shape index (κ2) is 22.3. The lowest BCUT2D eigenvalue weighted by Crippen LogP contribution is -2.48. The maximum atomic E-state index is 14.1. The molecule has 0 aromatic heterocycles. The number of rotatable bonds is 17. The highest BCUT2D eigenvalue weighted by Gasteiger charge is 2.42. The topological polar surface area (TPSA) is 209 Å². The molecule has 15 nitrogen and oxygen atoms in total. The minimum absolute atomic E-state index is 0.0883. The molecule has 0 amide bonds. The molecule has 0 bridgehead atoms. The van der Waals surface area contributed by atoms with E-state index >= 15 is 0 Å². The molecule has 2 aliphatic carbocycles. The lowest BCUT2D eigenvalue weighted by Gasteiger charge is -2.46. The summed E-state index contributed by atoms with van der Waals surface area (Å²) in [6.07, 6.45) is 9.31. The second-order valence-corrected chi connectivity index (χ2v) is 24.1. The summed E-state index contributed by atoms with van der Waals surface area (Å²) in [5.74, 6) is -4.89. The number of ketones is 1. The fraction of sp³-hybridized carbons (Fsp3) is 0.468. The average molecular weight is 1050 g/mol. The Morgan fingerprint density at radius 2 is 1.06 bits per heavy atom. The van der Waals surface area contributed by atoms with E-state index in [4.69, 9.17) is 4.74 Å². The number of hydrogen-bond donors (Lipinski definition) is 5. The molecule has 4 aromatic rings. The lowest BCUT2D eigenvalue weighted by atomic mass is 9.62. The lowest BCUT2D eigenvalue weighted by molar-refractivity contribution is -0.138. The van der Waals surface area contributed by atoms with Gasteiger partial charge in [-0.2, -0.15) is 0 Å². The fourth-order valence-corrected chi connectivity index (χ4v) is 11.7. The highest BCUT2D eigenvalue weighted by Crippen LogP contribution is 2.52. The Morgan fingerprint density at radius 1 is 0.584 bits per heavy atom. The van der Waals surface area contributed by atoms with E-state index in [1.165, 1.54) is 47.0 Å². The molecule has 410 valence electrons. The molecule has 2 fully saturated rings. The summed E-state index contributed by atoms with van der Waals surface area (Å²) in [6.45, 7) is 24.6. The predicted molar refractivity (Wildman–Crippen MR) is 299 cm³/mol. The van der Waals surface area contributed by atoms with E-state index in [0.29, 0.717) is 74.6 Å². The number of carbonyl (C=O) groups is 5. The molecule has 2 aliphatic heterocycles. The minimum atomic E-state index is -1.33. The van der Waals surface area contributed by atoms with Gasteiger partial charge in [-0.05, 0) is 135 Å². The summed E-state index contributed by atoms with van der Waals surface area (Å²) in [4.78, 5) is 71.7. The molecule has 8 rings (SSSR count). The highest BCUT2D eigenvalue weighted by atomic mass is 16.5. The Morgan fingerprint density at radius 3 is 1.57 bits per heavy atom. The van der Waals surface area contributed by atoms with Gasteiger partial charge in [0.15, 0.2) is 5.78 Å². The number of hydrogen-bond acceptors (Lipinski definition) is 12. The SMILES string of the molecule is CC1(C)CCC(C)(C)c2c(N3CCN(CCC(=O)O)CC3)cc(C(=O)C=Cc3ccc(C(=O)Oc4cc(C=CC(O)c5cc(N6CCN(CCC(=O)O)CC6)c6c(c5)C(C)(C)CCC6(C)C)ccc4C(=O)O)c(O)c3)cc21. The van der Waals surface area contributed by atoms with Crippen LogP contribution in [-0.2, 0) is 31.2 Å². The van der Waals surface area contributed by atoms with Gasteiger partial charge in [-0.15, -0.1) is 0 Å². The van der Waals surface area contributed by atoms with Gasteiger partial charge in [0.2, 0.25) is 0 Å². The number of allylic oxidation sites excluding steroid dienone is 1. The van der Waals surface area contributed by atoms with E-state index in [1.54, 1.807) is 30.4 Å². The molecule has 1 unspecified atom stereocenters. The van der Waals surface area contributed by atoms with Gasteiger partial charge < -0.3 is 40.1 Å². The zero-order chi connectivity index (χ0) is 55.8. The van der Waals surface area contributed by atoms with Crippen LogP contribution < -0.4 is 14.5 Å². The molecular weight excluding hydrogens is 977 g/mol. The van der Waals surface area contributed by atoms with Crippen molar-refractivity contribution in [3.63, 3.8) is 0 Å². The van der Waals surface area contributed by atoms with Gasteiger partial charge in [0.1, 0.15) is 22.6 Å². The number of carbonyl (C=O) groups excluding carboxylic acids is 2. The number of carboxylic acid groups (broad SMARTS) is 3. The van der Waals surface area contributed by atoms with E-state index in [1.807, 2.05) is 12.1 Å². The Bertz CT molecular complexity index is 3010. The first-order chi connectivity index (χ1) is 36.2. The summed E-state index contributed by atoms with van der Waals surface area (Å²) in [5, 5.41) is 51.6. The number of carboxylic acids is 3. The van der Waals surface area contributed by atoms with Crippen molar-refractivity contribution in [2.24, 2.45) is 0 Å². The van der Waals surface area contributed by atoms with E-state index in [-0.39, 0.29) is 57.2 Å². The number of fused-ring (bicyclic) bond motifs is 2. The Balaban J connectivity index is 0.991. The summed E-state index contributed by atoms with van der Waals surface area (Å²) >= 11 is 0. The van der Waals surface area contributed by atoms with Crippen molar-refractivity contribution in [3.8, 4) is 11.5 Å². The molecule has 0 spiro atoms. The molecule has 2 saturated heterocycles. The van der Waals surface area contributed by atoms with E-state index < -0.39 is 35.7 Å². The molecule has 15 heteroatoms. The average Bonchev–Trinajstić information content (AvgIpc) is 3.39. The first-order valence-corrected chi connectivity index (χ1v) is 27.0. The molecule has 0 saturated carbocycles. The third-order valence-electron chi connectivity index (χ3n) is 16.7. The zero-order valence-electron chi connectivity index (χ0n) is 45.9. The number of anilines is 2. The van der Waals surface area contributed by atoms with Gasteiger partial charge in [-0.25, -0.2) is 9.59 Å². The van der Waals surface area contributed by atoms with Crippen LogP contribution in [0.3, 0.4) is 0 Å². The smallest absolute Gasteiger partial charge is 0.347 e. The number of aliphatic hydroxyl groups excluding tert-OH is 1. The maximum Gasteiger partial charge on any atom is 0.347 e. The summed E-state index contributed by atoms with van der Waals surface area (Å²) < 4.78 is 5.67. The number of esters is 1. The highest BCUT2D eigenvalue weighted by molar-refractivity contribution is 6.08. The zero-order valence-corrected chi connectivity index (χ0v) is 45.9. The van der Waals surface area contributed by atoms with Crippen LogP contribution in [-0.4, -0.2) is 130 Å². The molecule has 5 N–H and O–H groups in total. The van der Waals surface area contributed by atoms with Gasteiger partial charge in [-0.1, -0.05) is 91.8 Å². The molecular formula is C62H76N4O11. The van der Waals surface area contributed by atoms with Crippen LogP contribution >= 0.6 is 0 Å². The number of aromatic carboxylic acids is 1. The molecule has 77 heavy (non-hydrogen) atoms. The standard InChI is InChI=1S/C62H76N4O11/c1-59(2)19-21-61(5,6)55-45(59)35-41(37-47(55)65-29-25-63(26-30-65)23-17-53(70)71)49(67)15-11-39-9-13-43(51(69)33-39)58(76)77-52-34-40(10-14-44(52)57(74)75)12-16-50(68)42-36-46-56(62(7,8)22-20-60(46,3)4)48(38-42)66-31-27-64(28-32-66)24-18-54(72)73/h9-16,33-38,50,68-69H,17-32H2,1-8H3,(H,70,71)(H,72,73)(H,74,75). The Hall–Kier alpha value is -6.81. The fourth-order valence-electron chi connectivity index (χ4n) is 11.7. The van der Waals surface area contributed by atoms with Crippen LogP contribution in [0.25, 0.3) is 12.2 Å². The number of benzene rings is 4. The van der Waals surface area contributed by atoms with Crippen LogP contribution in [0.5, 0.6) is 11.5 Å². The number of ether oxygens (including phenoxy) is 1. The molecule has 4 aromatic carbocycles. The summed E-state index contributed by atoms with van der Waals surface area (Å²) in [7, 11) is 0. The number of piperazine rings is 2. The van der Waals surface area contributed by atoms with Gasteiger partial charge in [0.05, 0.1) is 18.9 Å². The van der Waals surface area contributed by atoms with Crippen molar-refractivity contribution in [2.75, 3.05) is 75.2 Å². The summed E-state index contributed by atoms with van der Waals surface area (Å²) in [5.41, 5.74) is 7.93. The molecule has 2 heterocycles. The van der Waals surface area contributed by atoms with Crippen molar-refractivity contribution in [1.82, 2.24) is 9.80 Å². The van der Waals surface area contributed by atoms with Crippen molar-refractivity contribution in [1.29, 1.82) is 0 Å². The third kappa shape index (κ3) is 12.6. The van der Waals surface area contributed by atoms with Crippen molar-refractivity contribution >= 4 is 53.2 Å². The number of aromatic hydroxyl groups is 1. The van der Waals surface area contributed by atoms with E-state index in [0.717, 1.165) is 55.7 Å². The van der Waals surface area contributed by atoms with Crippen LogP contribution in [0.1, 0.15) is 170 Å². The Kier molecular flexibility index (Phi) is 16.3. The van der Waals surface area contributed by atoms with Gasteiger partial charge in [0.25, 0.3) is 0 Å². The minimum Gasteiger partial charge on any atom is -0.507 e. The summed E-state index contributed by atoms with van der Waals surface area (Å²) in [6, 6.07) is 16.7. The number of phenols is 1. The number of aliphatic hydroxyl groups is 1. The van der Waals surface area contributed by atoms with Crippen LogP contribution in [0.4, 0.5) is 11.4 Å². The predicted octanol–water partition coefficient (Wildman–Crippen LogP) is 9.84. The van der Waals surface area contributed by atoms with Crippen molar-refractivity contribution in [2.45, 2.75) is 122 Å². The Labute approximate surface area is 452 Å². The maximum absolute atomic E-state index is 14.1. The quantitative estimate of drug-likeness (QED) is 0.0289. The largest absolute Gasteiger partial charge is 0.507 e. The first-order valence-electron chi connectivity index (χ1n) is 27.0. The monoisotopic (exact) mass is 1050 g/mol.